The molecule has 8 heteroatoms. The molecule has 0 aromatic heterocycles. The molecule has 150 valence electrons. The van der Waals surface area contributed by atoms with Gasteiger partial charge in [0.2, 0.25) is 0 Å². The zero-order valence-corrected chi connectivity index (χ0v) is 17.5. The van der Waals surface area contributed by atoms with Gasteiger partial charge in [0, 0.05) is 24.8 Å². The van der Waals surface area contributed by atoms with Crippen molar-refractivity contribution in [2.24, 2.45) is 11.8 Å². The number of hydrogen-bond donors (Lipinski definition) is 5. The number of anilines is 1. The quantitative estimate of drug-likeness (QED) is 0.304. The molecule has 2 atom stereocenters. The number of carbonyl (C=O) groups is 1. The minimum absolute atomic E-state index is 0.0606. The second-order valence-electron chi connectivity index (χ2n) is 7.84. The van der Waals surface area contributed by atoms with Crippen LogP contribution < -0.4 is 21.9 Å². The van der Waals surface area contributed by atoms with Gasteiger partial charge in [0.1, 0.15) is 0 Å². The molecule has 2 rings (SSSR count). The van der Waals surface area contributed by atoms with Crippen LogP contribution in [0.2, 0.25) is 0 Å². The molecule has 0 bridgehead atoms. The lowest BCUT2D eigenvalue weighted by Crippen LogP contribution is -2.69. The van der Waals surface area contributed by atoms with Crippen molar-refractivity contribution in [3.63, 3.8) is 0 Å². The highest BCUT2D eigenvalue weighted by Gasteiger charge is 2.46. The first-order valence-electron chi connectivity index (χ1n) is 9.21. The number of carboxylic acid groups (broad SMARTS) is 1. The lowest BCUT2D eigenvalue weighted by Gasteiger charge is -2.51. The summed E-state index contributed by atoms with van der Waals surface area (Å²) in [6, 6.07) is 4.20. The molecule has 0 saturated carbocycles. The van der Waals surface area contributed by atoms with Crippen molar-refractivity contribution >= 4 is 29.1 Å². The number of hydrogen-bond acceptors (Lipinski definition) is 4. The van der Waals surface area contributed by atoms with E-state index < -0.39 is 11.6 Å². The van der Waals surface area contributed by atoms with Crippen molar-refractivity contribution in [2.75, 3.05) is 18.4 Å². The number of nitrogens with two attached hydrogens (primary N) is 1. The molecule has 1 fully saturated rings. The van der Waals surface area contributed by atoms with Gasteiger partial charge in [-0.3, -0.25) is 4.90 Å². The Morgan fingerprint density at radius 3 is 2.70 bits per heavy atom. The Kier molecular flexibility index (Phi) is 6.67. The minimum atomic E-state index is -0.873. The van der Waals surface area contributed by atoms with Gasteiger partial charge in [-0.2, -0.15) is 0 Å². The average Bonchev–Trinajstić information content (AvgIpc) is 2.58. The molecule has 1 aliphatic rings. The summed E-state index contributed by atoms with van der Waals surface area (Å²) in [5.41, 5.74) is 5.97. The smallest absolute Gasteiger partial charge is 0.407 e. The zero-order chi connectivity index (χ0) is 20.4. The molecular formula is C19H31N5O2S. The van der Waals surface area contributed by atoms with E-state index in [2.05, 4.69) is 36.0 Å². The summed E-state index contributed by atoms with van der Waals surface area (Å²) in [5.74, 6) is 5.69. The van der Waals surface area contributed by atoms with Crippen molar-refractivity contribution in [2.45, 2.75) is 52.6 Å². The Balaban J connectivity index is 2.47. The van der Waals surface area contributed by atoms with E-state index in [1.807, 2.05) is 26.8 Å². The van der Waals surface area contributed by atoms with Gasteiger partial charge in [0.05, 0.1) is 5.54 Å². The Hall–Kier alpha value is -1.90. The maximum Gasteiger partial charge on any atom is 0.407 e. The van der Waals surface area contributed by atoms with Crippen LogP contribution in [0, 0.1) is 19.8 Å². The maximum absolute atomic E-state index is 12.0. The second kappa shape index (κ2) is 8.41. The number of rotatable bonds is 4. The third kappa shape index (κ3) is 4.51. The van der Waals surface area contributed by atoms with Crippen LogP contribution in [0.1, 0.15) is 37.5 Å². The van der Waals surface area contributed by atoms with E-state index in [0.29, 0.717) is 30.5 Å². The lowest BCUT2D eigenvalue weighted by molar-refractivity contribution is 0.0234. The number of aryl methyl sites for hydroxylation is 1. The number of piperazine rings is 1. The zero-order valence-electron chi connectivity index (χ0n) is 16.7. The van der Waals surface area contributed by atoms with Crippen LogP contribution in [0.25, 0.3) is 0 Å². The van der Waals surface area contributed by atoms with Crippen molar-refractivity contribution < 1.29 is 9.90 Å². The van der Waals surface area contributed by atoms with Crippen LogP contribution in [-0.2, 0) is 6.42 Å². The van der Waals surface area contributed by atoms with Crippen LogP contribution in [0.15, 0.2) is 12.1 Å². The van der Waals surface area contributed by atoms with Crippen LogP contribution in [0.3, 0.4) is 0 Å². The normalized spacial score (nSPS) is 22.6. The molecular weight excluding hydrogens is 362 g/mol. The average molecular weight is 394 g/mol. The van der Waals surface area contributed by atoms with E-state index in [9.17, 15) is 9.90 Å². The van der Waals surface area contributed by atoms with Crippen LogP contribution in [-0.4, -0.2) is 45.9 Å². The predicted molar refractivity (Wildman–Crippen MR) is 113 cm³/mol. The highest BCUT2D eigenvalue weighted by Crippen LogP contribution is 2.34. The van der Waals surface area contributed by atoms with E-state index in [4.69, 9.17) is 18.1 Å². The number of amides is 1. The number of hydrazine groups is 1. The summed E-state index contributed by atoms with van der Waals surface area (Å²) < 4.78 is 0. The number of nitrogens with zero attached hydrogens (tertiary/aromatic N) is 1. The van der Waals surface area contributed by atoms with Crippen molar-refractivity contribution in [3.05, 3.63) is 28.8 Å². The molecule has 1 aliphatic heterocycles. The number of nitrogens with one attached hydrogen (secondary N) is 3. The molecule has 0 spiro atoms. The van der Waals surface area contributed by atoms with Crippen LogP contribution in [0.5, 0.6) is 0 Å². The molecule has 7 nitrogen and oxygen atoms in total. The van der Waals surface area contributed by atoms with E-state index in [-0.39, 0.29) is 6.04 Å². The fourth-order valence-corrected chi connectivity index (χ4v) is 4.35. The molecule has 27 heavy (non-hydrogen) atoms. The molecule has 1 unspecified atom stereocenters. The Morgan fingerprint density at radius 1 is 1.48 bits per heavy atom. The van der Waals surface area contributed by atoms with Gasteiger partial charge in [0.25, 0.3) is 0 Å². The first kappa shape index (κ1) is 21.4. The van der Waals surface area contributed by atoms with Gasteiger partial charge in [-0.05, 0) is 68.1 Å². The van der Waals surface area contributed by atoms with Gasteiger partial charge < -0.3 is 21.2 Å². The number of thiocarbonyl (C=S) groups is 1. The third-order valence-corrected chi connectivity index (χ3v) is 5.69. The minimum Gasteiger partial charge on any atom is -0.465 e. The first-order chi connectivity index (χ1) is 12.6. The van der Waals surface area contributed by atoms with Gasteiger partial charge >= 0.3 is 6.09 Å². The van der Waals surface area contributed by atoms with Crippen molar-refractivity contribution in [3.8, 4) is 0 Å². The Bertz CT molecular complexity index is 724. The van der Waals surface area contributed by atoms with Crippen LogP contribution >= 0.6 is 12.2 Å². The summed E-state index contributed by atoms with van der Waals surface area (Å²) in [6.45, 7) is 11.5. The van der Waals surface area contributed by atoms with Crippen LogP contribution in [0.4, 0.5) is 10.5 Å². The topological polar surface area (TPSA) is 103 Å². The van der Waals surface area contributed by atoms with E-state index in [0.717, 1.165) is 22.4 Å². The fraction of sp³-hybridized carbons (Fsp3) is 0.579. The van der Waals surface area contributed by atoms with E-state index in [1.54, 1.807) is 4.90 Å². The summed E-state index contributed by atoms with van der Waals surface area (Å²) in [4.78, 5) is 13.6. The largest absolute Gasteiger partial charge is 0.465 e. The molecule has 6 N–H and O–H groups in total. The molecule has 0 radical (unpaired) electrons. The summed E-state index contributed by atoms with van der Waals surface area (Å²) in [6.07, 6.45) is -0.262. The number of benzene rings is 1. The summed E-state index contributed by atoms with van der Waals surface area (Å²) >= 11 is 5.13. The van der Waals surface area contributed by atoms with E-state index >= 15 is 0 Å². The third-order valence-electron chi connectivity index (χ3n) is 5.47. The fourth-order valence-electron chi connectivity index (χ4n) is 4.24. The molecule has 1 amide bonds. The first-order valence-corrected chi connectivity index (χ1v) is 9.62. The maximum atomic E-state index is 12.0. The molecule has 1 aromatic carbocycles. The lowest BCUT2D eigenvalue weighted by atomic mass is 9.76. The predicted octanol–water partition coefficient (Wildman–Crippen LogP) is 2.37. The highest BCUT2D eigenvalue weighted by molar-refractivity contribution is 7.80. The van der Waals surface area contributed by atoms with E-state index in [1.165, 1.54) is 0 Å². The van der Waals surface area contributed by atoms with Gasteiger partial charge in [-0.25, -0.2) is 10.6 Å². The monoisotopic (exact) mass is 393 g/mol. The Labute approximate surface area is 166 Å². The second-order valence-corrected chi connectivity index (χ2v) is 8.25. The standard InChI is InChI=1S/C19H31N5O2S/c1-11(2)16-19(5,24(18(25)26)7-6-21-16)10-14-8-12(3)9-15(13(14)4)22-17(27)23-20/h8-9,11,16,21H,6-7,10,20H2,1-5H3,(H,25,26)(H2,22,23,27)/t16?,19-/m0/s1. The van der Waals surface area contributed by atoms with Crippen molar-refractivity contribution in [1.82, 2.24) is 15.6 Å². The molecule has 1 saturated heterocycles. The molecule has 0 aliphatic carbocycles. The van der Waals surface area contributed by atoms with Gasteiger partial charge in [-0.1, -0.05) is 19.9 Å². The molecule has 1 heterocycles. The summed E-state index contributed by atoms with van der Waals surface area (Å²) in [7, 11) is 0. The SMILES string of the molecule is Cc1cc(C[C@@]2(C)C(C(C)C)NCCN2C(=O)O)c(C)c(NC(=S)NN)c1. The van der Waals surface area contributed by atoms with Crippen molar-refractivity contribution in [1.29, 1.82) is 0 Å². The summed E-state index contributed by atoms with van der Waals surface area (Å²) in [5, 5.41) is 16.8. The highest BCUT2D eigenvalue weighted by atomic mass is 32.1. The van der Waals surface area contributed by atoms with Gasteiger partial charge in [-0.15, -0.1) is 0 Å². The Morgan fingerprint density at radius 2 is 2.15 bits per heavy atom. The van der Waals surface area contributed by atoms with Gasteiger partial charge in [0.15, 0.2) is 5.11 Å². The molecule has 1 aromatic rings.